The van der Waals surface area contributed by atoms with Crippen molar-refractivity contribution in [2.45, 2.75) is 0 Å². The highest BCUT2D eigenvalue weighted by molar-refractivity contribution is 7.25. The summed E-state index contributed by atoms with van der Waals surface area (Å²) in [6.45, 7) is 0. The van der Waals surface area contributed by atoms with E-state index in [-0.39, 0.29) is 0 Å². The summed E-state index contributed by atoms with van der Waals surface area (Å²) in [5.74, 6) is 0. The number of fused-ring (bicyclic) bond motifs is 10. The highest BCUT2D eigenvalue weighted by Gasteiger charge is 2.18. The van der Waals surface area contributed by atoms with E-state index in [1.54, 1.807) is 0 Å². The summed E-state index contributed by atoms with van der Waals surface area (Å²) in [5.41, 5.74) is 9.27. The maximum absolute atomic E-state index is 6.70. The molecule has 2 aromatic heterocycles. The third-order valence-electron chi connectivity index (χ3n) is 10.5. The standard InChI is InChI=1S/C48H28OS/c1-2-12-30(13-3-1)45-37-15-6-8-17-39(37)46(40-18-9-7-16-38(40)45)32-23-25-36-35-24-22-31(27-43(35)50-44(36)28-32)34-19-10-20-41-42-26-21-29-11-4-5-14-33(29)47(42)49-48(34)41/h1-28H. The zero-order chi connectivity index (χ0) is 32.8. The van der Waals surface area contributed by atoms with Crippen molar-refractivity contribution in [3.05, 3.63) is 170 Å². The van der Waals surface area contributed by atoms with Crippen LogP contribution in [-0.2, 0) is 0 Å². The van der Waals surface area contributed by atoms with E-state index in [1.807, 2.05) is 11.3 Å². The van der Waals surface area contributed by atoms with Crippen LogP contribution >= 0.6 is 11.3 Å². The molecule has 0 fully saturated rings. The summed E-state index contributed by atoms with van der Waals surface area (Å²) in [6, 6.07) is 61.9. The van der Waals surface area contributed by atoms with Crippen LogP contribution in [0.3, 0.4) is 0 Å². The molecule has 0 aliphatic heterocycles. The summed E-state index contributed by atoms with van der Waals surface area (Å²) >= 11 is 1.87. The molecule has 0 radical (unpaired) electrons. The predicted octanol–water partition coefficient (Wildman–Crippen LogP) is 14.4. The molecule has 0 spiro atoms. The normalized spacial score (nSPS) is 12.0. The summed E-state index contributed by atoms with van der Waals surface area (Å²) in [7, 11) is 0. The molecule has 0 amide bonds. The first-order chi connectivity index (χ1) is 24.8. The van der Waals surface area contributed by atoms with Crippen LogP contribution in [0.25, 0.3) is 108 Å². The topological polar surface area (TPSA) is 13.1 Å². The number of hydrogen-bond donors (Lipinski definition) is 0. The molecule has 1 nitrogen and oxygen atoms in total. The molecule has 9 aromatic carbocycles. The first-order valence-electron chi connectivity index (χ1n) is 17.1. The molecular weight excluding hydrogens is 625 g/mol. The average Bonchev–Trinajstić information content (AvgIpc) is 3.75. The minimum atomic E-state index is 0.944. The van der Waals surface area contributed by atoms with E-state index in [0.29, 0.717) is 0 Å². The third kappa shape index (κ3) is 4.00. The van der Waals surface area contributed by atoms with Crippen LogP contribution in [0, 0.1) is 0 Å². The zero-order valence-corrected chi connectivity index (χ0v) is 27.8. The number of para-hydroxylation sites is 1. The number of thiophene rings is 1. The first-order valence-corrected chi connectivity index (χ1v) is 17.9. The quantitative estimate of drug-likeness (QED) is 0.173. The van der Waals surface area contributed by atoms with Crippen molar-refractivity contribution in [1.82, 2.24) is 0 Å². The van der Waals surface area contributed by atoms with E-state index in [0.717, 1.165) is 32.9 Å². The molecule has 0 aliphatic carbocycles. The van der Waals surface area contributed by atoms with E-state index >= 15 is 0 Å². The average molecular weight is 653 g/mol. The minimum absolute atomic E-state index is 0.944. The first kappa shape index (κ1) is 27.7. The second-order valence-electron chi connectivity index (χ2n) is 13.2. The van der Waals surface area contributed by atoms with Crippen molar-refractivity contribution >= 4 is 85.8 Å². The second-order valence-corrected chi connectivity index (χ2v) is 14.3. The van der Waals surface area contributed by atoms with Crippen molar-refractivity contribution in [2.24, 2.45) is 0 Å². The summed E-state index contributed by atoms with van der Waals surface area (Å²) in [4.78, 5) is 0. The Kier molecular flexibility index (Phi) is 5.89. The fourth-order valence-electron chi connectivity index (χ4n) is 8.21. The second kappa shape index (κ2) is 10.6. The molecule has 11 aromatic rings. The highest BCUT2D eigenvalue weighted by atomic mass is 32.1. The van der Waals surface area contributed by atoms with Crippen LogP contribution in [0.2, 0.25) is 0 Å². The summed E-state index contributed by atoms with van der Waals surface area (Å²) in [6.07, 6.45) is 0. The Labute approximate surface area is 292 Å². The zero-order valence-electron chi connectivity index (χ0n) is 27.0. The maximum Gasteiger partial charge on any atom is 0.143 e. The predicted molar refractivity (Wildman–Crippen MR) is 215 cm³/mol. The third-order valence-corrected chi connectivity index (χ3v) is 11.6. The van der Waals surface area contributed by atoms with Gasteiger partial charge in [-0.15, -0.1) is 11.3 Å². The van der Waals surface area contributed by atoms with Gasteiger partial charge in [-0.2, -0.15) is 0 Å². The number of hydrogen-bond acceptors (Lipinski definition) is 2. The fourth-order valence-corrected chi connectivity index (χ4v) is 9.39. The van der Waals surface area contributed by atoms with Gasteiger partial charge in [0.2, 0.25) is 0 Å². The van der Waals surface area contributed by atoms with E-state index < -0.39 is 0 Å². The SMILES string of the molecule is c1ccc(-c2c3ccccc3c(-c3ccc4c(c3)sc3cc(-c5cccc6c5oc5c7ccccc7ccc65)ccc34)c3ccccc23)cc1. The van der Waals surface area contributed by atoms with Crippen LogP contribution in [0.15, 0.2) is 174 Å². The summed E-state index contributed by atoms with van der Waals surface area (Å²) < 4.78 is 9.27. The molecule has 0 N–H and O–H groups in total. The van der Waals surface area contributed by atoms with Crippen molar-refractivity contribution in [1.29, 1.82) is 0 Å². The molecule has 0 saturated heterocycles. The van der Waals surface area contributed by atoms with Gasteiger partial charge in [-0.3, -0.25) is 0 Å². The Morgan fingerprint density at radius 2 is 0.840 bits per heavy atom. The van der Waals surface area contributed by atoms with Gasteiger partial charge in [0.15, 0.2) is 0 Å². The van der Waals surface area contributed by atoms with Crippen LogP contribution < -0.4 is 0 Å². The molecule has 0 atom stereocenters. The lowest BCUT2D eigenvalue weighted by atomic mass is 9.86. The number of furan rings is 1. The molecular formula is C48H28OS. The molecule has 0 unspecified atom stereocenters. The van der Waals surface area contributed by atoms with E-state index in [1.165, 1.54) is 74.9 Å². The van der Waals surface area contributed by atoms with Crippen LogP contribution in [-0.4, -0.2) is 0 Å². The Morgan fingerprint density at radius 3 is 1.54 bits per heavy atom. The van der Waals surface area contributed by atoms with Gasteiger partial charge in [0, 0.05) is 41.9 Å². The fraction of sp³-hybridized carbons (Fsp3) is 0. The Balaban J connectivity index is 1.09. The molecule has 50 heavy (non-hydrogen) atoms. The maximum atomic E-state index is 6.70. The molecule has 0 saturated carbocycles. The highest BCUT2D eigenvalue weighted by Crippen LogP contribution is 2.46. The van der Waals surface area contributed by atoms with E-state index in [2.05, 4.69) is 170 Å². The van der Waals surface area contributed by atoms with Crippen molar-refractivity contribution in [3.63, 3.8) is 0 Å². The smallest absolute Gasteiger partial charge is 0.143 e. The number of benzene rings is 9. The largest absolute Gasteiger partial charge is 0.455 e. The Bertz CT molecular complexity index is 3090. The van der Waals surface area contributed by atoms with Gasteiger partial charge in [-0.05, 0) is 72.9 Å². The van der Waals surface area contributed by atoms with Gasteiger partial charge < -0.3 is 4.42 Å². The number of rotatable bonds is 3. The van der Waals surface area contributed by atoms with E-state index in [4.69, 9.17) is 4.42 Å². The summed E-state index contributed by atoms with van der Waals surface area (Å²) in [5, 5.41) is 12.4. The van der Waals surface area contributed by atoms with Crippen molar-refractivity contribution in [3.8, 4) is 33.4 Å². The lowest BCUT2D eigenvalue weighted by molar-refractivity contribution is 0.674. The molecule has 232 valence electrons. The van der Waals surface area contributed by atoms with Gasteiger partial charge in [-0.25, -0.2) is 0 Å². The van der Waals surface area contributed by atoms with Gasteiger partial charge >= 0.3 is 0 Å². The van der Waals surface area contributed by atoms with Crippen LogP contribution in [0.1, 0.15) is 0 Å². The molecule has 2 heterocycles. The molecule has 0 aliphatic rings. The minimum Gasteiger partial charge on any atom is -0.455 e. The van der Waals surface area contributed by atoms with Gasteiger partial charge in [0.05, 0.1) is 0 Å². The Hall–Kier alpha value is -6.22. The van der Waals surface area contributed by atoms with Crippen molar-refractivity contribution < 1.29 is 4.42 Å². The van der Waals surface area contributed by atoms with Gasteiger partial charge in [-0.1, -0.05) is 152 Å². The molecule has 0 bridgehead atoms. The molecule has 2 heteroatoms. The van der Waals surface area contributed by atoms with Gasteiger partial charge in [0.25, 0.3) is 0 Å². The monoisotopic (exact) mass is 652 g/mol. The van der Waals surface area contributed by atoms with Crippen LogP contribution in [0.5, 0.6) is 0 Å². The Morgan fingerprint density at radius 1 is 0.320 bits per heavy atom. The lowest BCUT2D eigenvalue weighted by Crippen LogP contribution is -1.90. The van der Waals surface area contributed by atoms with Gasteiger partial charge in [0.1, 0.15) is 11.2 Å². The van der Waals surface area contributed by atoms with Crippen LogP contribution in [0.4, 0.5) is 0 Å². The van der Waals surface area contributed by atoms with Crippen molar-refractivity contribution in [2.75, 3.05) is 0 Å². The molecule has 11 rings (SSSR count). The van der Waals surface area contributed by atoms with E-state index in [9.17, 15) is 0 Å². The lowest BCUT2D eigenvalue weighted by Gasteiger charge is -2.17.